The number of benzene rings is 1. The van der Waals surface area contributed by atoms with Gasteiger partial charge in [0.05, 0.1) is 11.4 Å². The van der Waals surface area contributed by atoms with Gasteiger partial charge in [0.15, 0.2) is 0 Å². The molecule has 10 nitrogen and oxygen atoms in total. The van der Waals surface area contributed by atoms with Crippen LogP contribution in [0.5, 0.6) is 0 Å². The molecule has 0 spiro atoms. The van der Waals surface area contributed by atoms with Gasteiger partial charge in [-0.3, -0.25) is 4.79 Å². The number of tetrazole rings is 1. The molecule has 106 valence electrons. The van der Waals surface area contributed by atoms with Gasteiger partial charge in [-0.15, -0.1) is 5.10 Å². The zero-order chi connectivity index (χ0) is 14.8. The summed E-state index contributed by atoms with van der Waals surface area (Å²) in [5.41, 5.74) is 5.53. The number of hydrogen-bond acceptors (Lipinski definition) is 8. The Morgan fingerprint density at radius 3 is 2.90 bits per heavy atom. The van der Waals surface area contributed by atoms with Gasteiger partial charge < -0.3 is 11.1 Å². The lowest BCUT2D eigenvalue weighted by molar-refractivity contribution is 0.101. The van der Waals surface area contributed by atoms with Gasteiger partial charge in [-0.2, -0.15) is 0 Å². The number of nitrogens with two attached hydrogens (primary N) is 1. The molecule has 0 fully saturated rings. The van der Waals surface area contributed by atoms with Crippen molar-refractivity contribution >= 4 is 17.4 Å². The molecule has 1 aromatic carbocycles. The number of aromatic nitrogens is 6. The Hall–Kier alpha value is -3.37. The van der Waals surface area contributed by atoms with Crippen molar-refractivity contribution in [2.45, 2.75) is 0 Å². The van der Waals surface area contributed by atoms with Crippen LogP contribution in [0.15, 0.2) is 29.2 Å². The van der Waals surface area contributed by atoms with E-state index < -0.39 is 11.7 Å². The number of nitrogens with zero attached hydrogens (tertiary/aromatic N) is 6. The molecule has 11 heteroatoms. The fraction of sp³-hybridized carbons (Fsp3) is 0. The van der Waals surface area contributed by atoms with Gasteiger partial charge in [0.1, 0.15) is 12.1 Å². The van der Waals surface area contributed by atoms with Gasteiger partial charge in [0.2, 0.25) is 11.5 Å². The lowest BCUT2D eigenvalue weighted by Gasteiger charge is -2.07. The lowest BCUT2D eigenvalue weighted by Crippen LogP contribution is -2.15. The van der Waals surface area contributed by atoms with E-state index >= 15 is 0 Å². The Bertz CT molecular complexity index is 784. The van der Waals surface area contributed by atoms with Crippen LogP contribution in [0.4, 0.5) is 15.9 Å². The summed E-state index contributed by atoms with van der Waals surface area (Å²) in [7, 11) is 0. The van der Waals surface area contributed by atoms with Gasteiger partial charge >= 0.3 is 0 Å². The standard InChI is InChI=1S/C10H7FN8O2/c11-6-2-1-5(19-4-13-17-18-19)3-7(6)14-10(20)8-9(12)16-21-15-8/h1-4H,(H2,12,16)(H,14,20). The van der Waals surface area contributed by atoms with Gasteiger partial charge in [0.25, 0.3) is 5.91 Å². The van der Waals surface area contributed by atoms with Crippen LogP contribution < -0.4 is 11.1 Å². The van der Waals surface area contributed by atoms with Crippen LogP contribution in [0.1, 0.15) is 10.5 Å². The molecule has 0 aliphatic carbocycles. The topological polar surface area (TPSA) is 138 Å². The normalized spacial score (nSPS) is 10.5. The highest BCUT2D eigenvalue weighted by Gasteiger charge is 2.18. The predicted molar refractivity (Wildman–Crippen MR) is 65.8 cm³/mol. The molecule has 3 rings (SSSR count). The van der Waals surface area contributed by atoms with Gasteiger partial charge in [-0.25, -0.2) is 13.7 Å². The minimum absolute atomic E-state index is 0.0876. The molecule has 3 aromatic rings. The second-order valence-electron chi connectivity index (χ2n) is 3.87. The first-order valence-corrected chi connectivity index (χ1v) is 5.57. The minimum Gasteiger partial charge on any atom is -0.379 e. The zero-order valence-electron chi connectivity index (χ0n) is 10.3. The summed E-state index contributed by atoms with van der Waals surface area (Å²) < 4.78 is 19.4. The third-order valence-corrected chi connectivity index (χ3v) is 2.54. The second-order valence-corrected chi connectivity index (χ2v) is 3.87. The monoisotopic (exact) mass is 290 g/mol. The maximum Gasteiger partial charge on any atom is 0.281 e. The summed E-state index contributed by atoms with van der Waals surface area (Å²) in [4.78, 5) is 11.9. The van der Waals surface area contributed by atoms with E-state index in [9.17, 15) is 9.18 Å². The van der Waals surface area contributed by atoms with Gasteiger partial charge in [-0.05, 0) is 38.9 Å². The van der Waals surface area contributed by atoms with Crippen molar-refractivity contribution in [2.24, 2.45) is 0 Å². The number of hydrogen-bond donors (Lipinski definition) is 2. The third kappa shape index (κ3) is 2.39. The fourth-order valence-corrected chi connectivity index (χ4v) is 1.57. The van der Waals surface area contributed by atoms with E-state index in [2.05, 4.69) is 35.8 Å². The first-order valence-electron chi connectivity index (χ1n) is 5.57. The number of anilines is 2. The molecule has 1 amide bonds. The summed E-state index contributed by atoms with van der Waals surface area (Å²) in [6, 6.07) is 3.97. The average Bonchev–Trinajstić information content (AvgIpc) is 3.12. The number of carbonyl (C=O) groups excluding carboxylic acids is 1. The maximum absolute atomic E-state index is 13.7. The Labute approximate surface area is 115 Å². The maximum atomic E-state index is 13.7. The molecule has 0 aliphatic rings. The summed E-state index contributed by atoms with van der Waals surface area (Å²) in [5, 5.41) is 19.5. The first-order chi connectivity index (χ1) is 10.1. The highest BCUT2D eigenvalue weighted by molar-refractivity contribution is 6.05. The largest absolute Gasteiger partial charge is 0.379 e. The number of amides is 1. The molecular formula is C10H7FN8O2. The van der Waals surface area contributed by atoms with Crippen LogP contribution in [-0.4, -0.2) is 36.4 Å². The van der Waals surface area contributed by atoms with E-state index in [1.54, 1.807) is 0 Å². The fourth-order valence-electron chi connectivity index (χ4n) is 1.57. The summed E-state index contributed by atoms with van der Waals surface area (Å²) >= 11 is 0. The van der Waals surface area contributed by atoms with Crippen molar-refractivity contribution < 1.29 is 13.8 Å². The van der Waals surface area contributed by atoms with Crippen molar-refractivity contribution in [2.75, 3.05) is 11.1 Å². The second kappa shape index (κ2) is 4.96. The molecule has 21 heavy (non-hydrogen) atoms. The van der Waals surface area contributed by atoms with Crippen LogP contribution >= 0.6 is 0 Å². The molecule has 0 atom stereocenters. The van der Waals surface area contributed by atoms with E-state index in [1.165, 1.54) is 23.1 Å². The molecule has 3 N–H and O–H groups in total. The summed E-state index contributed by atoms with van der Waals surface area (Å²) in [5.74, 6) is -1.58. The minimum atomic E-state index is -0.749. The van der Waals surface area contributed by atoms with Crippen molar-refractivity contribution in [1.29, 1.82) is 0 Å². The summed E-state index contributed by atoms with van der Waals surface area (Å²) in [6.45, 7) is 0. The molecule has 0 saturated carbocycles. The SMILES string of the molecule is Nc1nonc1C(=O)Nc1cc(-n2cnnn2)ccc1F. The average molecular weight is 290 g/mol. The zero-order valence-corrected chi connectivity index (χ0v) is 10.3. The number of nitrogens with one attached hydrogen (secondary N) is 1. The van der Waals surface area contributed by atoms with E-state index in [0.29, 0.717) is 5.69 Å². The Balaban J connectivity index is 1.90. The van der Waals surface area contributed by atoms with Crippen molar-refractivity contribution in [3.8, 4) is 5.69 Å². The third-order valence-electron chi connectivity index (χ3n) is 2.54. The van der Waals surface area contributed by atoms with E-state index in [-0.39, 0.29) is 17.2 Å². The van der Waals surface area contributed by atoms with Gasteiger partial charge in [-0.1, -0.05) is 0 Å². The van der Waals surface area contributed by atoms with Crippen LogP contribution in [0.3, 0.4) is 0 Å². The number of rotatable bonds is 3. The Morgan fingerprint density at radius 1 is 1.38 bits per heavy atom. The Kier molecular flexibility index (Phi) is 2.99. The highest BCUT2D eigenvalue weighted by atomic mass is 19.1. The molecule has 0 saturated heterocycles. The highest BCUT2D eigenvalue weighted by Crippen LogP contribution is 2.19. The van der Waals surface area contributed by atoms with Gasteiger partial charge in [0, 0.05) is 0 Å². The molecule has 2 heterocycles. The molecule has 0 radical (unpaired) electrons. The molecule has 0 unspecified atom stereocenters. The van der Waals surface area contributed by atoms with Crippen LogP contribution in [0.25, 0.3) is 5.69 Å². The lowest BCUT2D eigenvalue weighted by atomic mass is 10.2. The number of nitrogen functional groups attached to an aromatic ring is 1. The van der Waals surface area contributed by atoms with E-state index in [0.717, 1.165) is 6.07 Å². The molecule has 2 aromatic heterocycles. The molecular weight excluding hydrogens is 283 g/mol. The van der Waals surface area contributed by atoms with E-state index in [1.807, 2.05) is 0 Å². The predicted octanol–water partition coefficient (Wildman–Crippen LogP) is 0.0189. The first kappa shape index (κ1) is 12.7. The summed E-state index contributed by atoms with van der Waals surface area (Å²) in [6.07, 6.45) is 1.33. The van der Waals surface area contributed by atoms with Crippen molar-refractivity contribution in [1.82, 2.24) is 30.5 Å². The number of carbonyl (C=O) groups is 1. The van der Waals surface area contributed by atoms with E-state index in [4.69, 9.17) is 5.73 Å². The van der Waals surface area contributed by atoms with Crippen LogP contribution in [-0.2, 0) is 0 Å². The quantitative estimate of drug-likeness (QED) is 0.688. The van der Waals surface area contributed by atoms with Crippen LogP contribution in [0, 0.1) is 5.82 Å². The number of halogens is 1. The van der Waals surface area contributed by atoms with Crippen molar-refractivity contribution in [3.63, 3.8) is 0 Å². The molecule has 0 aliphatic heterocycles. The van der Waals surface area contributed by atoms with Crippen LogP contribution in [0.2, 0.25) is 0 Å². The van der Waals surface area contributed by atoms with Crippen molar-refractivity contribution in [3.05, 3.63) is 36.0 Å². The Morgan fingerprint density at radius 2 is 2.24 bits per heavy atom. The smallest absolute Gasteiger partial charge is 0.281 e. The molecule has 0 bridgehead atoms.